The largest absolute Gasteiger partial charge is 0.387 e. The van der Waals surface area contributed by atoms with Crippen molar-refractivity contribution in [2.24, 2.45) is 0 Å². The summed E-state index contributed by atoms with van der Waals surface area (Å²) in [4.78, 5) is 12.1. The van der Waals surface area contributed by atoms with E-state index in [4.69, 9.17) is 9.47 Å². The Labute approximate surface area is 97.6 Å². The van der Waals surface area contributed by atoms with Crippen molar-refractivity contribution < 1.29 is 24.5 Å². The fraction of sp³-hybridized carbons (Fsp3) is 0.417. The van der Waals surface area contributed by atoms with Gasteiger partial charge in [-0.05, 0) is 0 Å². The molecule has 0 aromatic heterocycles. The van der Waals surface area contributed by atoms with E-state index in [0.717, 1.165) is 0 Å². The Morgan fingerprint density at radius 2 is 1.76 bits per heavy atom. The molecule has 1 unspecified atom stereocenters. The molecule has 2 N–H and O–H groups in total. The van der Waals surface area contributed by atoms with Gasteiger partial charge in [0, 0.05) is 5.56 Å². The number of rotatable bonds is 2. The lowest BCUT2D eigenvalue weighted by Gasteiger charge is -2.27. The Hall–Kier alpha value is -1.27. The van der Waals surface area contributed by atoms with Crippen LogP contribution in [0.5, 0.6) is 0 Å². The number of Topliss-reactive ketones (excluding diaryl/α,β-unsaturated/α-hetero) is 1. The predicted molar refractivity (Wildman–Crippen MR) is 56.3 cm³/mol. The summed E-state index contributed by atoms with van der Waals surface area (Å²) in [5.41, 5.74) is 0.447. The topological polar surface area (TPSA) is 79.3 Å². The molecule has 0 spiro atoms. The molecule has 0 saturated carbocycles. The first-order valence-electron chi connectivity index (χ1n) is 5.45. The molecule has 0 bridgehead atoms. The third kappa shape index (κ3) is 1.77. The van der Waals surface area contributed by atoms with Crippen LogP contribution >= 0.6 is 0 Å². The van der Waals surface area contributed by atoms with E-state index in [1.54, 1.807) is 30.3 Å². The van der Waals surface area contributed by atoms with Gasteiger partial charge in [-0.15, -0.1) is 0 Å². The summed E-state index contributed by atoms with van der Waals surface area (Å²) in [6.07, 6.45) is -4.20. The molecule has 2 aliphatic heterocycles. The summed E-state index contributed by atoms with van der Waals surface area (Å²) in [5.74, 6) is -0.342. The van der Waals surface area contributed by atoms with Crippen LogP contribution < -0.4 is 0 Å². The lowest BCUT2D eigenvalue weighted by Crippen LogP contribution is -2.49. The van der Waals surface area contributed by atoms with Crippen LogP contribution in [0, 0.1) is 0 Å². The molecule has 1 aromatic rings. The number of hydrogen-bond acceptors (Lipinski definition) is 5. The predicted octanol–water partition coefficient (Wildman–Crippen LogP) is -0.285. The minimum absolute atomic E-state index is 0.342. The van der Waals surface area contributed by atoms with E-state index >= 15 is 0 Å². The lowest BCUT2D eigenvalue weighted by molar-refractivity contribution is -0.169. The second kappa shape index (κ2) is 3.89. The van der Waals surface area contributed by atoms with E-state index in [1.807, 2.05) is 0 Å². The van der Waals surface area contributed by atoms with Crippen molar-refractivity contribution in [1.29, 1.82) is 0 Å². The number of epoxide rings is 1. The minimum atomic E-state index is -1.14. The molecule has 0 amide bonds. The van der Waals surface area contributed by atoms with Crippen LogP contribution in [0.25, 0.3) is 0 Å². The van der Waals surface area contributed by atoms with Gasteiger partial charge in [0.15, 0.2) is 18.2 Å². The highest BCUT2D eigenvalue weighted by atomic mass is 16.7. The number of ketones is 1. The number of fused-ring (bicyclic) bond motifs is 1. The highest BCUT2D eigenvalue weighted by Crippen LogP contribution is 2.37. The maximum Gasteiger partial charge on any atom is 0.194 e. The fourth-order valence-electron chi connectivity index (χ4n) is 2.10. The Kier molecular flexibility index (Phi) is 2.48. The van der Waals surface area contributed by atoms with E-state index in [-0.39, 0.29) is 5.78 Å². The summed E-state index contributed by atoms with van der Waals surface area (Å²) in [5, 5.41) is 19.3. The molecule has 0 aliphatic carbocycles. The molecular formula is C12H12O5. The zero-order chi connectivity index (χ0) is 12.0. The van der Waals surface area contributed by atoms with Gasteiger partial charge in [0.25, 0.3) is 0 Å². The second-order valence-corrected chi connectivity index (χ2v) is 4.23. The molecule has 3 rings (SSSR count). The third-order valence-electron chi connectivity index (χ3n) is 3.09. The molecular weight excluding hydrogens is 224 g/mol. The quantitative estimate of drug-likeness (QED) is 0.545. The van der Waals surface area contributed by atoms with Crippen LogP contribution in [0.15, 0.2) is 30.3 Å². The first kappa shape index (κ1) is 10.9. The van der Waals surface area contributed by atoms with Crippen molar-refractivity contribution in [2.75, 3.05) is 0 Å². The molecule has 90 valence electrons. The number of carbonyl (C=O) groups excluding carboxylic acids is 1. The van der Waals surface area contributed by atoms with Gasteiger partial charge in [-0.25, -0.2) is 0 Å². The summed E-state index contributed by atoms with van der Waals surface area (Å²) in [6.45, 7) is 0. The van der Waals surface area contributed by atoms with Gasteiger partial charge >= 0.3 is 0 Å². The summed E-state index contributed by atoms with van der Waals surface area (Å²) in [6, 6.07) is 8.55. The zero-order valence-corrected chi connectivity index (χ0v) is 8.89. The third-order valence-corrected chi connectivity index (χ3v) is 3.09. The minimum Gasteiger partial charge on any atom is -0.387 e. The van der Waals surface area contributed by atoms with E-state index in [2.05, 4.69) is 0 Å². The smallest absolute Gasteiger partial charge is 0.194 e. The molecule has 2 saturated heterocycles. The number of ether oxygens (including phenoxy) is 2. The number of hydrogen-bond donors (Lipinski definition) is 2. The van der Waals surface area contributed by atoms with Gasteiger partial charge in [0.05, 0.1) is 0 Å². The van der Waals surface area contributed by atoms with Crippen LogP contribution in [0.2, 0.25) is 0 Å². The Balaban J connectivity index is 1.82. The van der Waals surface area contributed by atoms with E-state index in [9.17, 15) is 15.0 Å². The van der Waals surface area contributed by atoms with E-state index in [1.165, 1.54) is 0 Å². The van der Waals surface area contributed by atoms with Gasteiger partial charge in [0.1, 0.15) is 18.3 Å². The zero-order valence-electron chi connectivity index (χ0n) is 8.89. The highest BCUT2D eigenvalue weighted by Gasteiger charge is 2.58. The van der Waals surface area contributed by atoms with Crippen molar-refractivity contribution in [1.82, 2.24) is 0 Å². The first-order chi connectivity index (χ1) is 8.18. The monoisotopic (exact) mass is 236 g/mol. The normalized spacial score (nSPS) is 39.5. The Morgan fingerprint density at radius 1 is 1.06 bits per heavy atom. The molecule has 5 heteroatoms. The first-order valence-corrected chi connectivity index (χ1v) is 5.45. The number of aliphatic hydroxyl groups is 2. The van der Waals surface area contributed by atoms with Gasteiger partial charge in [-0.1, -0.05) is 30.3 Å². The molecule has 2 fully saturated rings. The van der Waals surface area contributed by atoms with Crippen LogP contribution in [0.3, 0.4) is 0 Å². The fourth-order valence-corrected chi connectivity index (χ4v) is 2.10. The summed E-state index contributed by atoms with van der Waals surface area (Å²) >= 11 is 0. The van der Waals surface area contributed by atoms with Crippen LogP contribution in [-0.2, 0) is 9.47 Å². The molecule has 2 aliphatic rings. The average molecular weight is 236 g/mol. The van der Waals surface area contributed by atoms with Gasteiger partial charge in [0.2, 0.25) is 0 Å². The molecule has 5 nitrogen and oxygen atoms in total. The lowest BCUT2D eigenvalue weighted by atomic mass is 9.97. The molecule has 1 aromatic carbocycles. The standard InChI is InChI=1S/C12H12O5/c13-7(6-4-2-1-3-5-6)9-8(14)10-11(16-10)12(15)17-9/h1-5,8-12,14-15H/t8-,9?,10-,11+,12+/m1/s1. The van der Waals surface area contributed by atoms with E-state index in [0.29, 0.717) is 5.56 Å². The van der Waals surface area contributed by atoms with Crippen molar-refractivity contribution >= 4 is 5.78 Å². The Morgan fingerprint density at radius 3 is 2.47 bits per heavy atom. The summed E-state index contributed by atoms with van der Waals surface area (Å²) in [7, 11) is 0. The van der Waals surface area contributed by atoms with Crippen LogP contribution in [0.1, 0.15) is 10.4 Å². The number of aliphatic hydroxyl groups excluding tert-OH is 2. The maximum atomic E-state index is 12.1. The van der Waals surface area contributed by atoms with Crippen molar-refractivity contribution in [3.05, 3.63) is 35.9 Å². The maximum absolute atomic E-state index is 12.1. The molecule has 2 heterocycles. The SMILES string of the molecule is O=C(c1ccccc1)C1O[C@H](O)[C@H]2O[C@@H]2[C@@H]1O. The van der Waals surface area contributed by atoms with Gasteiger partial charge in [-0.2, -0.15) is 0 Å². The molecule has 0 radical (unpaired) electrons. The number of benzene rings is 1. The van der Waals surface area contributed by atoms with Crippen molar-refractivity contribution in [3.63, 3.8) is 0 Å². The van der Waals surface area contributed by atoms with Crippen molar-refractivity contribution in [3.8, 4) is 0 Å². The average Bonchev–Trinajstić information content (AvgIpc) is 3.15. The van der Waals surface area contributed by atoms with E-state index < -0.39 is 30.7 Å². The molecule has 17 heavy (non-hydrogen) atoms. The number of carbonyl (C=O) groups is 1. The van der Waals surface area contributed by atoms with Crippen LogP contribution in [-0.4, -0.2) is 46.7 Å². The highest BCUT2D eigenvalue weighted by molar-refractivity contribution is 6.00. The summed E-state index contributed by atoms with van der Waals surface area (Å²) < 4.78 is 10.1. The van der Waals surface area contributed by atoms with Gasteiger partial charge in [-0.3, -0.25) is 4.79 Å². The Bertz CT molecular complexity index is 432. The second-order valence-electron chi connectivity index (χ2n) is 4.23. The van der Waals surface area contributed by atoms with Crippen LogP contribution in [0.4, 0.5) is 0 Å². The van der Waals surface area contributed by atoms with Gasteiger partial charge < -0.3 is 19.7 Å². The molecule has 5 atom stereocenters. The van der Waals surface area contributed by atoms with Crippen molar-refractivity contribution in [2.45, 2.75) is 30.7 Å².